The maximum absolute atomic E-state index is 14.8. The molecule has 2 aromatic carbocycles. The van der Waals surface area contributed by atoms with Crippen LogP contribution in [0.25, 0.3) is 0 Å². The van der Waals surface area contributed by atoms with E-state index in [1.165, 1.54) is 4.90 Å². The second-order valence-electron chi connectivity index (χ2n) is 12.6. The number of aryl methyl sites for hydroxylation is 1. The van der Waals surface area contributed by atoms with Crippen LogP contribution in [0.3, 0.4) is 0 Å². The summed E-state index contributed by atoms with van der Waals surface area (Å²) in [5, 5.41) is 11.0. The number of benzene rings is 2. The summed E-state index contributed by atoms with van der Waals surface area (Å²) in [6.45, 7) is 8.54. The molecule has 0 aromatic heterocycles. The van der Waals surface area contributed by atoms with Gasteiger partial charge in [0.1, 0.15) is 17.4 Å². The van der Waals surface area contributed by atoms with E-state index in [1.807, 2.05) is 88.4 Å². The summed E-state index contributed by atoms with van der Waals surface area (Å²) in [6, 6.07) is 11.0. The first-order valence-corrected chi connectivity index (χ1v) is 16.1. The molecule has 4 heterocycles. The highest BCUT2D eigenvalue weighted by atomic mass is 35.5. The molecule has 1 unspecified atom stereocenters. The van der Waals surface area contributed by atoms with Crippen molar-refractivity contribution in [2.45, 2.75) is 57.9 Å². The highest BCUT2D eigenvalue weighted by Crippen LogP contribution is 2.55. The van der Waals surface area contributed by atoms with Crippen LogP contribution in [0, 0.1) is 24.7 Å². The van der Waals surface area contributed by atoms with Crippen LogP contribution >= 0.6 is 11.6 Å². The van der Waals surface area contributed by atoms with E-state index in [1.54, 1.807) is 15.9 Å². The van der Waals surface area contributed by atoms with E-state index in [4.69, 9.17) is 21.1 Å². The van der Waals surface area contributed by atoms with Gasteiger partial charge in [-0.05, 0) is 62.1 Å². The smallest absolute Gasteiger partial charge is 0.253 e. The number of halogens is 1. The number of amides is 3. The lowest BCUT2D eigenvalue weighted by Crippen LogP contribution is -2.58. The molecule has 10 heteroatoms. The van der Waals surface area contributed by atoms with Crippen molar-refractivity contribution in [1.29, 1.82) is 0 Å². The fourth-order valence-electron chi connectivity index (χ4n) is 7.58. The molecule has 1 N–H and O–H groups in total. The Morgan fingerprint density at radius 3 is 2.42 bits per heavy atom. The number of nitrogens with zero attached hydrogens (tertiary/aromatic N) is 3. The number of ether oxygens (including phenoxy) is 2. The minimum atomic E-state index is -1.42. The predicted molar refractivity (Wildman–Crippen MR) is 172 cm³/mol. The van der Waals surface area contributed by atoms with Gasteiger partial charge >= 0.3 is 0 Å². The minimum absolute atomic E-state index is 0.135. The van der Waals surface area contributed by atoms with Crippen molar-refractivity contribution in [2.75, 3.05) is 36.1 Å². The standard InChI is InChI=1S/C35H40ClN3O6/c1-5-44-25-14-12-23(13-15-25)37-17-7-11-27-28(32(37)41)29-33(42)39(24(20-40)19-21(2)3)31-34(43)38(18-8-16-35(29,31)45-27)30-22(4)9-6-10-26(30)36/h6-16,21,24,27-29,31,40H,5,17-20H2,1-4H3/t24-,27-,28+,29+,31?,35+/m1/s1. The highest BCUT2D eigenvalue weighted by molar-refractivity contribution is 6.34. The molecule has 0 radical (unpaired) electrons. The number of hydrogen-bond donors (Lipinski definition) is 1. The maximum atomic E-state index is 14.8. The number of likely N-dealkylation sites (tertiary alicyclic amines) is 1. The summed E-state index contributed by atoms with van der Waals surface area (Å²) in [5.74, 6) is -1.98. The third-order valence-electron chi connectivity index (χ3n) is 9.36. The Kier molecular flexibility index (Phi) is 8.54. The average Bonchev–Trinajstić information content (AvgIpc) is 3.33. The molecule has 9 nitrogen and oxygen atoms in total. The molecule has 4 aliphatic rings. The summed E-state index contributed by atoms with van der Waals surface area (Å²) in [7, 11) is 0. The van der Waals surface area contributed by atoms with Gasteiger partial charge < -0.3 is 29.3 Å². The van der Waals surface area contributed by atoms with E-state index in [0.717, 1.165) is 5.56 Å². The zero-order chi connectivity index (χ0) is 32.0. The number of hydrogen-bond acceptors (Lipinski definition) is 6. The second-order valence-corrected chi connectivity index (χ2v) is 13.0. The fourth-order valence-corrected chi connectivity index (χ4v) is 7.90. The summed E-state index contributed by atoms with van der Waals surface area (Å²) in [6.07, 6.45) is 7.13. The molecule has 0 saturated carbocycles. The van der Waals surface area contributed by atoms with Crippen LogP contribution in [0.5, 0.6) is 5.75 Å². The second kappa shape index (κ2) is 12.3. The van der Waals surface area contributed by atoms with Crippen molar-refractivity contribution in [2.24, 2.45) is 17.8 Å². The molecule has 6 atom stereocenters. The molecule has 0 aliphatic carbocycles. The number of carbonyl (C=O) groups is 3. The number of anilines is 2. The molecule has 2 fully saturated rings. The quantitative estimate of drug-likeness (QED) is 0.429. The van der Waals surface area contributed by atoms with Gasteiger partial charge in [0.15, 0.2) is 0 Å². The summed E-state index contributed by atoms with van der Waals surface area (Å²) in [4.78, 5) is 48.8. The van der Waals surface area contributed by atoms with Crippen LogP contribution in [-0.2, 0) is 19.1 Å². The monoisotopic (exact) mass is 633 g/mol. The zero-order valence-corrected chi connectivity index (χ0v) is 26.8. The van der Waals surface area contributed by atoms with Crippen LogP contribution in [0.4, 0.5) is 11.4 Å². The van der Waals surface area contributed by atoms with E-state index in [0.29, 0.717) is 41.7 Å². The lowest BCUT2D eigenvalue weighted by molar-refractivity contribution is -0.144. The van der Waals surface area contributed by atoms with Crippen molar-refractivity contribution < 1.29 is 29.0 Å². The van der Waals surface area contributed by atoms with Gasteiger partial charge in [0.2, 0.25) is 11.8 Å². The number of para-hydroxylation sites is 1. The van der Waals surface area contributed by atoms with Gasteiger partial charge in [-0.25, -0.2) is 0 Å². The lowest BCUT2D eigenvalue weighted by Gasteiger charge is -2.39. The summed E-state index contributed by atoms with van der Waals surface area (Å²) >= 11 is 6.66. The van der Waals surface area contributed by atoms with Gasteiger partial charge in [-0.1, -0.05) is 61.9 Å². The molecule has 3 amide bonds. The Balaban J connectivity index is 1.45. The number of fused-ring (bicyclic) bond motifs is 2. The van der Waals surface area contributed by atoms with E-state index >= 15 is 0 Å². The van der Waals surface area contributed by atoms with Gasteiger partial charge in [0, 0.05) is 18.8 Å². The van der Waals surface area contributed by atoms with Gasteiger partial charge in [-0.2, -0.15) is 0 Å². The topological polar surface area (TPSA) is 99.6 Å². The predicted octanol–water partition coefficient (Wildman–Crippen LogP) is 4.54. The Labute approximate surface area is 269 Å². The Morgan fingerprint density at radius 1 is 1.02 bits per heavy atom. The third-order valence-corrected chi connectivity index (χ3v) is 9.67. The number of carbonyl (C=O) groups excluding carboxylic acids is 3. The Bertz CT molecular complexity index is 1520. The largest absolute Gasteiger partial charge is 0.494 e. The lowest BCUT2D eigenvalue weighted by atomic mass is 9.77. The van der Waals surface area contributed by atoms with E-state index in [-0.39, 0.29) is 36.8 Å². The van der Waals surface area contributed by atoms with Crippen molar-refractivity contribution in [3.05, 3.63) is 77.4 Å². The zero-order valence-electron chi connectivity index (χ0n) is 26.1. The molecule has 2 saturated heterocycles. The van der Waals surface area contributed by atoms with Gasteiger partial charge in [-0.3, -0.25) is 14.4 Å². The molecular formula is C35H40ClN3O6. The van der Waals surface area contributed by atoms with Crippen LogP contribution in [0.2, 0.25) is 5.02 Å². The van der Waals surface area contributed by atoms with Crippen molar-refractivity contribution in [3.8, 4) is 5.75 Å². The molecule has 45 heavy (non-hydrogen) atoms. The number of rotatable bonds is 8. The van der Waals surface area contributed by atoms with Crippen molar-refractivity contribution in [3.63, 3.8) is 0 Å². The SMILES string of the molecule is CCOc1ccc(N2CC=C[C@H]3O[C@]45C=CCN(c6c(C)cccc6Cl)C(=O)C4N([C@@H](CO)CC(C)C)C(=O)[C@@H]5[C@H]3C2=O)cc1. The first kappa shape index (κ1) is 31.3. The van der Waals surface area contributed by atoms with Crippen molar-refractivity contribution in [1.82, 2.24) is 4.90 Å². The Hall–Kier alpha value is -3.66. The summed E-state index contributed by atoms with van der Waals surface area (Å²) in [5.41, 5.74) is 0.639. The van der Waals surface area contributed by atoms with Crippen LogP contribution in [0.15, 0.2) is 66.8 Å². The minimum Gasteiger partial charge on any atom is -0.494 e. The fraction of sp³-hybridized carbons (Fsp3) is 0.457. The normalized spacial score (nSPS) is 28.2. The average molecular weight is 634 g/mol. The van der Waals surface area contributed by atoms with Crippen LogP contribution < -0.4 is 14.5 Å². The maximum Gasteiger partial charge on any atom is 0.253 e. The highest BCUT2D eigenvalue weighted by Gasteiger charge is 2.72. The van der Waals surface area contributed by atoms with Crippen molar-refractivity contribution >= 4 is 40.7 Å². The molecule has 4 aliphatic heterocycles. The molecular weight excluding hydrogens is 594 g/mol. The summed E-state index contributed by atoms with van der Waals surface area (Å²) < 4.78 is 12.4. The molecule has 238 valence electrons. The molecule has 2 aromatic rings. The molecule has 6 rings (SSSR count). The van der Waals surface area contributed by atoms with E-state index in [2.05, 4.69) is 0 Å². The number of aliphatic hydroxyl groups is 1. The van der Waals surface area contributed by atoms with E-state index in [9.17, 15) is 19.5 Å². The number of aliphatic hydroxyl groups excluding tert-OH is 1. The first-order valence-electron chi connectivity index (χ1n) is 15.7. The third kappa shape index (κ3) is 5.15. The van der Waals surface area contributed by atoms with Gasteiger partial charge in [0.05, 0.1) is 47.9 Å². The molecule has 1 spiro atoms. The van der Waals surface area contributed by atoms with E-state index < -0.39 is 35.6 Å². The van der Waals surface area contributed by atoms with Crippen LogP contribution in [-0.4, -0.2) is 77.8 Å². The molecule has 0 bridgehead atoms. The van der Waals surface area contributed by atoms with Gasteiger partial charge in [0.25, 0.3) is 5.91 Å². The van der Waals surface area contributed by atoms with Crippen LogP contribution in [0.1, 0.15) is 32.8 Å². The first-order chi connectivity index (χ1) is 21.6. The Morgan fingerprint density at radius 2 is 1.76 bits per heavy atom. The van der Waals surface area contributed by atoms with Gasteiger partial charge in [-0.15, -0.1) is 0 Å².